The van der Waals surface area contributed by atoms with Crippen molar-refractivity contribution in [1.82, 2.24) is 14.8 Å². The van der Waals surface area contributed by atoms with Crippen LogP contribution < -0.4 is 5.32 Å². The van der Waals surface area contributed by atoms with Crippen molar-refractivity contribution in [2.24, 2.45) is 0 Å². The van der Waals surface area contributed by atoms with Crippen LogP contribution in [-0.2, 0) is 6.54 Å². The molecule has 3 heterocycles. The zero-order valence-electron chi connectivity index (χ0n) is 20.3. The fraction of sp³-hybridized carbons (Fsp3) is 0.286. The van der Waals surface area contributed by atoms with Crippen molar-refractivity contribution in [2.45, 2.75) is 20.4 Å². The number of hydrogen-bond acceptors (Lipinski definition) is 6. The lowest BCUT2D eigenvalue weighted by atomic mass is 10.1. The molecule has 0 saturated carbocycles. The highest BCUT2D eigenvalue weighted by Crippen LogP contribution is 2.37. The van der Waals surface area contributed by atoms with Crippen molar-refractivity contribution in [1.29, 1.82) is 5.26 Å². The third-order valence-electron chi connectivity index (χ3n) is 6.73. The summed E-state index contributed by atoms with van der Waals surface area (Å²) in [5.74, 6) is 1.78. The molecule has 8 heteroatoms. The van der Waals surface area contributed by atoms with Gasteiger partial charge in [0.25, 0.3) is 0 Å². The number of likely N-dealkylation sites (N-methyl/N-ethyl adjacent to an activating group) is 1. The summed E-state index contributed by atoms with van der Waals surface area (Å²) in [6, 6.07) is 16.1. The molecule has 4 aromatic rings. The van der Waals surface area contributed by atoms with Gasteiger partial charge < -0.3 is 14.6 Å². The normalized spacial score (nSPS) is 14.8. The van der Waals surface area contributed by atoms with Gasteiger partial charge >= 0.3 is 0 Å². The molecular weight excluding hydrogens is 538 g/mol. The van der Waals surface area contributed by atoms with Crippen molar-refractivity contribution >= 4 is 49.8 Å². The first-order valence-corrected chi connectivity index (χ1v) is 13.2. The minimum absolute atomic E-state index is 0.456. The summed E-state index contributed by atoms with van der Waals surface area (Å²) >= 11 is 9.99. The number of nitrogens with zero attached hydrogens (tertiary/aromatic N) is 4. The first-order valence-electron chi connectivity index (χ1n) is 12.0. The molecule has 2 aromatic carbocycles. The van der Waals surface area contributed by atoms with E-state index in [1.807, 2.05) is 43.3 Å². The third kappa shape index (κ3) is 5.14. The van der Waals surface area contributed by atoms with Gasteiger partial charge in [0.1, 0.15) is 17.6 Å². The molecule has 1 aliphatic heterocycles. The number of halogens is 2. The molecular formula is C28H27BrClN5O. The fourth-order valence-corrected chi connectivity index (χ4v) is 5.67. The Labute approximate surface area is 224 Å². The van der Waals surface area contributed by atoms with Gasteiger partial charge in [-0.15, -0.1) is 0 Å². The molecule has 184 valence electrons. The smallest absolute Gasteiger partial charge is 0.134 e. The highest BCUT2D eigenvalue weighted by Gasteiger charge is 2.18. The summed E-state index contributed by atoms with van der Waals surface area (Å²) in [6.07, 6.45) is 1.60. The largest absolute Gasteiger partial charge is 0.460 e. The molecule has 1 N–H and O–H groups in total. The van der Waals surface area contributed by atoms with Gasteiger partial charge in [0, 0.05) is 47.8 Å². The van der Waals surface area contributed by atoms with E-state index in [0.717, 1.165) is 83.0 Å². The number of benzene rings is 2. The number of rotatable bonds is 6. The van der Waals surface area contributed by atoms with Crippen LogP contribution in [0.25, 0.3) is 22.2 Å². The van der Waals surface area contributed by atoms with Crippen LogP contribution in [0, 0.1) is 18.3 Å². The number of aromatic nitrogens is 1. The van der Waals surface area contributed by atoms with E-state index >= 15 is 0 Å². The number of pyridine rings is 1. The van der Waals surface area contributed by atoms with Gasteiger partial charge in [0.05, 0.1) is 34.0 Å². The second-order valence-corrected chi connectivity index (χ2v) is 10.4. The minimum atomic E-state index is 0.456. The second kappa shape index (κ2) is 10.6. The van der Waals surface area contributed by atoms with Crippen molar-refractivity contribution in [3.63, 3.8) is 0 Å². The number of nitriles is 1. The van der Waals surface area contributed by atoms with Crippen LogP contribution in [0.5, 0.6) is 0 Å². The van der Waals surface area contributed by atoms with Crippen LogP contribution in [0.15, 0.2) is 57.6 Å². The number of fused-ring (bicyclic) bond motifs is 1. The summed E-state index contributed by atoms with van der Waals surface area (Å²) in [4.78, 5) is 9.47. The molecule has 1 aliphatic rings. The number of nitrogens with one attached hydrogen (secondary N) is 1. The lowest BCUT2D eigenvalue weighted by Crippen LogP contribution is -2.45. The molecule has 36 heavy (non-hydrogen) atoms. The monoisotopic (exact) mass is 563 g/mol. The maximum absolute atomic E-state index is 9.75. The summed E-state index contributed by atoms with van der Waals surface area (Å²) in [5.41, 5.74) is 4.60. The number of piperazine rings is 1. The third-order valence-corrected chi connectivity index (χ3v) is 7.49. The Bertz CT molecular complexity index is 1430. The van der Waals surface area contributed by atoms with Gasteiger partial charge in [0.15, 0.2) is 0 Å². The van der Waals surface area contributed by atoms with E-state index < -0.39 is 0 Å². The summed E-state index contributed by atoms with van der Waals surface area (Å²) in [7, 11) is 0. The van der Waals surface area contributed by atoms with Crippen molar-refractivity contribution in [3.8, 4) is 17.4 Å². The highest BCUT2D eigenvalue weighted by atomic mass is 79.9. The summed E-state index contributed by atoms with van der Waals surface area (Å²) < 4.78 is 7.12. The molecule has 0 bridgehead atoms. The molecule has 0 aliphatic carbocycles. The van der Waals surface area contributed by atoms with E-state index in [1.165, 1.54) is 0 Å². The molecule has 0 amide bonds. The topological polar surface area (TPSA) is 68.3 Å². The number of furan rings is 1. The van der Waals surface area contributed by atoms with Crippen molar-refractivity contribution < 1.29 is 4.42 Å². The Morgan fingerprint density at radius 2 is 1.86 bits per heavy atom. The van der Waals surface area contributed by atoms with E-state index in [4.69, 9.17) is 16.0 Å². The van der Waals surface area contributed by atoms with E-state index in [0.29, 0.717) is 16.3 Å². The maximum atomic E-state index is 9.75. The van der Waals surface area contributed by atoms with Crippen LogP contribution >= 0.6 is 27.5 Å². The molecule has 0 unspecified atom stereocenters. The van der Waals surface area contributed by atoms with Crippen LogP contribution in [0.1, 0.15) is 23.8 Å². The van der Waals surface area contributed by atoms with E-state index in [1.54, 1.807) is 6.20 Å². The van der Waals surface area contributed by atoms with E-state index in [9.17, 15) is 5.26 Å². The van der Waals surface area contributed by atoms with Gasteiger partial charge in [-0.05, 0) is 55.4 Å². The van der Waals surface area contributed by atoms with Crippen LogP contribution in [0.3, 0.4) is 0 Å². The number of anilines is 2. The molecule has 2 aromatic heterocycles. The number of aryl methyl sites for hydroxylation is 1. The van der Waals surface area contributed by atoms with Crippen LogP contribution in [0.2, 0.25) is 5.02 Å². The second-order valence-electron chi connectivity index (χ2n) is 9.07. The maximum Gasteiger partial charge on any atom is 0.134 e. The SMILES string of the molecule is CCN1CCN(Cc2ccc(-c3ccc4c(Nc5c(C)cc(Br)cc5Cl)c(C#N)cnc4c3)o2)CC1. The van der Waals surface area contributed by atoms with Gasteiger partial charge in [-0.25, -0.2) is 0 Å². The summed E-state index contributed by atoms with van der Waals surface area (Å²) in [5, 5.41) is 14.6. The molecule has 0 atom stereocenters. The molecule has 0 spiro atoms. The lowest BCUT2D eigenvalue weighted by molar-refractivity contribution is 0.125. The predicted molar refractivity (Wildman–Crippen MR) is 149 cm³/mol. The van der Waals surface area contributed by atoms with Crippen LogP contribution in [0.4, 0.5) is 11.4 Å². The standard InChI is InChI=1S/C28H27BrClN5O/c1-3-34-8-10-35(11-9-34)17-22-5-7-26(36-22)19-4-6-23-25(13-19)32-16-20(15-31)28(23)33-27-18(2)12-21(29)14-24(27)30/h4-7,12-14,16H,3,8-11,17H2,1-2H3,(H,32,33). The lowest BCUT2D eigenvalue weighted by Gasteiger charge is -2.33. The Kier molecular flexibility index (Phi) is 7.31. The Morgan fingerprint density at radius 3 is 2.58 bits per heavy atom. The molecule has 6 nitrogen and oxygen atoms in total. The molecule has 1 fully saturated rings. The van der Waals surface area contributed by atoms with E-state index in [-0.39, 0.29) is 0 Å². The highest BCUT2D eigenvalue weighted by molar-refractivity contribution is 9.10. The minimum Gasteiger partial charge on any atom is -0.460 e. The van der Waals surface area contributed by atoms with Crippen molar-refractivity contribution in [3.05, 3.63) is 75.0 Å². The Balaban J connectivity index is 1.42. The average molecular weight is 565 g/mol. The van der Waals surface area contributed by atoms with Gasteiger partial charge in [0.2, 0.25) is 0 Å². The fourth-order valence-electron chi connectivity index (χ4n) is 4.65. The van der Waals surface area contributed by atoms with Gasteiger partial charge in [-0.1, -0.05) is 40.5 Å². The quantitative estimate of drug-likeness (QED) is 0.273. The molecule has 5 rings (SSSR count). The summed E-state index contributed by atoms with van der Waals surface area (Å²) in [6.45, 7) is 10.4. The Hall–Kier alpha value is -2.89. The van der Waals surface area contributed by atoms with Gasteiger partial charge in [-0.3, -0.25) is 9.88 Å². The van der Waals surface area contributed by atoms with Gasteiger partial charge in [-0.2, -0.15) is 5.26 Å². The predicted octanol–water partition coefficient (Wildman–Crippen LogP) is 6.97. The zero-order valence-corrected chi connectivity index (χ0v) is 22.7. The van der Waals surface area contributed by atoms with Crippen LogP contribution in [-0.4, -0.2) is 47.5 Å². The zero-order chi connectivity index (χ0) is 25.2. The molecule has 0 radical (unpaired) electrons. The first-order chi connectivity index (χ1) is 17.4. The average Bonchev–Trinajstić information content (AvgIpc) is 3.34. The number of hydrogen-bond donors (Lipinski definition) is 1. The van der Waals surface area contributed by atoms with Crippen molar-refractivity contribution in [2.75, 3.05) is 38.0 Å². The Morgan fingerprint density at radius 1 is 1.08 bits per heavy atom. The first kappa shape index (κ1) is 24.8. The van der Waals surface area contributed by atoms with E-state index in [2.05, 4.69) is 55.1 Å². The molecule has 1 saturated heterocycles.